The molecule has 0 amide bonds. The van der Waals surface area contributed by atoms with Crippen molar-refractivity contribution in [3.05, 3.63) is 92.9 Å². The lowest BCUT2D eigenvalue weighted by molar-refractivity contribution is 0.0977. The van der Waals surface area contributed by atoms with Crippen molar-refractivity contribution in [3.63, 3.8) is 0 Å². The van der Waals surface area contributed by atoms with Crippen molar-refractivity contribution in [2.75, 3.05) is 0 Å². The molecular formula is C23H10N4O2S. The highest BCUT2D eigenvalue weighted by atomic mass is 32.1. The minimum atomic E-state index is -0.398. The molecule has 6 nitrogen and oxygen atoms in total. The molecule has 140 valence electrons. The number of benzene rings is 2. The van der Waals surface area contributed by atoms with Gasteiger partial charge in [-0.05, 0) is 5.56 Å². The molecule has 2 aromatic heterocycles. The maximum Gasteiger partial charge on any atom is 0.212 e. The zero-order valence-electron chi connectivity index (χ0n) is 15.3. The van der Waals surface area contributed by atoms with E-state index in [4.69, 9.17) is 5.41 Å². The summed E-state index contributed by atoms with van der Waals surface area (Å²) in [6.45, 7) is 0. The fourth-order valence-corrected chi connectivity index (χ4v) is 5.03. The third-order valence-electron chi connectivity index (χ3n) is 5.14. The van der Waals surface area contributed by atoms with E-state index in [0.717, 1.165) is 11.3 Å². The first-order valence-electron chi connectivity index (χ1n) is 8.92. The van der Waals surface area contributed by atoms with Gasteiger partial charge in [-0.15, -0.1) is 11.3 Å². The third-order valence-corrected chi connectivity index (χ3v) is 6.30. The molecule has 7 heteroatoms. The van der Waals surface area contributed by atoms with Crippen LogP contribution in [0.5, 0.6) is 0 Å². The largest absolute Gasteiger partial charge is 0.288 e. The molecule has 0 unspecified atom stereocenters. The number of pyridine rings is 1. The average molecular weight is 406 g/mol. The molecule has 1 N–H and O–H groups in total. The summed E-state index contributed by atoms with van der Waals surface area (Å²) in [6.07, 6.45) is 0. The van der Waals surface area contributed by atoms with E-state index in [1.165, 1.54) is 4.40 Å². The van der Waals surface area contributed by atoms with Crippen LogP contribution in [0.1, 0.15) is 42.4 Å². The van der Waals surface area contributed by atoms with E-state index >= 15 is 0 Å². The number of nitrogens with zero attached hydrogens (tertiary/aromatic N) is 3. The highest BCUT2D eigenvalue weighted by Gasteiger charge is 2.35. The van der Waals surface area contributed by atoms with Crippen LogP contribution >= 0.6 is 11.3 Å². The molecule has 0 aliphatic heterocycles. The van der Waals surface area contributed by atoms with Crippen LogP contribution in [0, 0.1) is 28.1 Å². The Morgan fingerprint density at radius 1 is 0.833 bits per heavy atom. The number of thiazole rings is 1. The summed E-state index contributed by atoms with van der Waals surface area (Å²) in [7, 11) is 0. The number of aromatic nitrogens is 1. The van der Waals surface area contributed by atoms with E-state index in [-0.39, 0.29) is 38.5 Å². The van der Waals surface area contributed by atoms with Gasteiger partial charge in [0.1, 0.15) is 38.6 Å². The monoisotopic (exact) mass is 406 g/mol. The molecule has 0 saturated heterocycles. The molecule has 2 aromatic carbocycles. The second-order valence-corrected chi connectivity index (χ2v) is 7.69. The smallest absolute Gasteiger partial charge is 0.212 e. The number of rotatable bonds is 1. The standard InChI is InChI=1S/C23H10N4O2S/c24-10-15-17(12-6-2-1-3-7-12)16(11-25)23-27(22(15)26)18-19(28)13-8-4-5-9-14(13)20(29)21(18)30-23/h1-9,26H. The molecule has 0 bridgehead atoms. The summed E-state index contributed by atoms with van der Waals surface area (Å²) in [5.74, 6) is -0.720. The van der Waals surface area contributed by atoms with Gasteiger partial charge < -0.3 is 0 Å². The Labute approximate surface area is 174 Å². The van der Waals surface area contributed by atoms with Crippen LogP contribution in [0.3, 0.4) is 0 Å². The van der Waals surface area contributed by atoms with Gasteiger partial charge in [0.15, 0.2) is 0 Å². The zero-order valence-corrected chi connectivity index (χ0v) is 16.1. The van der Waals surface area contributed by atoms with E-state index in [1.54, 1.807) is 48.5 Å². The first-order valence-corrected chi connectivity index (χ1v) is 9.74. The van der Waals surface area contributed by atoms with E-state index in [1.807, 2.05) is 12.1 Å². The van der Waals surface area contributed by atoms with Gasteiger partial charge in [0.25, 0.3) is 0 Å². The van der Waals surface area contributed by atoms with Crippen molar-refractivity contribution >= 4 is 27.7 Å². The molecule has 5 rings (SSSR count). The lowest BCUT2D eigenvalue weighted by atomic mass is 9.91. The number of carbonyl (C=O) groups is 2. The predicted molar refractivity (Wildman–Crippen MR) is 109 cm³/mol. The van der Waals surface area contributed by atoms with Gasteiger partial charge in [-0.3, -0.25) is 19.4 Å². The highest BCUT2D eigenvalue weighted by molar-refractivity contribution is 7.20. The minimum Gasteiger partial charge on any atom is -0.288 e. The van der Waals surface area contributed by atoms with Crippen LogP contribution < -0.4 is 5.49 Å². The molecule has 1 aliphatic carbocycles. The Kier molecular flexibility index (Phi) is 3.75. The van der Waals surface area contributed by atoms with E-state index in [0.29, 0.717) is 21.5 Å². The average Bonchev–Trinajstić information content (AvgIpc) is 3.19. The van der Waals surface area contributed by atoms with Crippen LogP contribution in [-0.2, 0) is 0 Å². The van der Waals surface area contributed by atoms with Gasteiger partial charge >= 0.3 is 0 Å². The van der Waals surface area contributed by atoms with Crippen molar-refractivity contribution in [1.82, 2.24) is 4.40 Å². The fraction of sp³-hybridized carbons (Fsp3) is 0. The van der Waals surface area contributed by atoms with Crippen LogP contribution in [-0.4, -0.2) is 16.0 Å². The number of nitrogens with one attached hydrogen (secondary N) is 1. The van der Waals surface area contributed by atoms with Crippen LogP contribution in [0.2, 0.25) is 0 Å². The summed E-state index contributed by atoms with van der Waals surface area (Å²) in [4.78, 5) is 26.8. The number of fused-ring (bicyclic) bond motifs is 4. The first kappa shape index (κ1) is 17.7. The Morgan fingerprint density at radius 2 is 1.43 bits per heavy atom. The summed E-state index contributed by atoms with van der Waals surface area (Å²) < 4.78 is 1.28. The molecule has 4 aromatic rings. The summed E-state index contributed by atoms with van der Waals surface area (Å²) >= 11 is 1.01. The second-order valence-electron chi connectivity index (χ2n) is 6.69. The lowest BCUT2D eigenvalue weighted by Crippen LogP contribution is -2.27. The number of carbonyl (C=O) groups excluding carboxylic acids is 2. The molecule has 30 heavy (non-hydrogen) atoms. The molecule has 0 atom stereocenters. The Hall–Kier alpha value is -4.33. The fourth-order valence-electron chi connectivity index (χ4n) is 3.83. The first-order chi connectivity index (χ1) is 14.6. The molecule has 2 heterocycles. The molecule has 0 saturated carbocycles. The maximum absolute atomic E-state index is 13.2. The Bertz CT molecular complexity index is 1560. The summed E-state index contributed by atoms with van der Waals surface area (Å²) in [6, 6.07) is 19.6. The molecule has 1 aliphatic rings. The normalized spacial score (nSPS) is 12.2. The van der Waals surface area contributed by atoms with Crippen LogP contribution in [0.4, 0.5) is 0 Å². The second kappa shape index (κ2) is 6.35. The van der Waals surface area contributed by atoms with E-state index in [9.17, 15) is 20.1 Å². The zero-order chi connectivity index (χ0) is 21.0. The van der Waals surface area contributed by atoms with Gasteiger partial charge in [0.2, 0.25) is 11.6 Å². The predicted octanol–water partition coefficient (Wildman–Crippen LogP) is 3.67. The quantitative estimate of drug-likeness (QED) is 0.458. The minimum absolute atomic E-state index is 0.0186. The van der Waals surface area contributed by atoms with Gasteiger partial charge in [-0.1, -0.05) is 54.6 Å². The topological polar surface area (TPSA) is 110 Å². The number of hydrogen-bond acceptors (Lipinski definition) is 6. The van der Waals surface area contributed by atoms with Gasteiger partial charge in [-0.25, -0.2) is 0 Å². The molecular weight excluding hydrogens is 396 g/mol. The summed E-state index contributed by atoms with van der Waals surface area (Å²) in [5.41, 5.74) is 1.48. The van der Waals surface area contributed by atoms with Crippen molar-refractivity contribution in [1.29, 1.82) is 15.9 Å². The number of nitriles is 2. The van der Waals surface area contributed by atoms with E-state index < -0.39 is 5.78 Å². The number of ketones is 2. The van der Waals surface area contributed by atoms with E-state index in [2.05, 4.69) is 6.07 Å². The lowest BCUT2D eigenvalue weighted by Gasteiger charge is -2.15. The van der Waals surface area contributed by atoms with Gasteiger partial charge in [0.05, 0.1) is 5.56 Å². The summed E-state index contributed by atoms with van der Waals surface area (Å²) in [5, 5.41) is 28.4. The molecule has 0 fully saturated rings. The third kappa shape index (κ3) is 2.18. The van der Waals surface area contributed by atoms with Gasteiger partial charge in [-0.2, -0.15) is 10.5 Å². The van der Waals surface area contributed by atoms with Crippen molar-refractivity contribution < 1.29 is 9.59 Å². The van der Waals surface area contributed by atoms with Crippen molar-refractivity contribution in [2.24, 2.45) is 0 Å². The van der Waals surface area contributed by atoms with Crippen molar-refractivity contribution in [2.45, 2.75) is 0 Å². The SMILES string of the molecule is N#Cc1c(-c2ccccc2)c(C#N)c2sc3c(n2c1=N)C(=O)c1ccccc1C3=O. The highest BCUT2D eigenvalue weighted by Crippen LogP contribution is 2.37. The Balaban J connectivity index is 1.98. The van der Waals surface area contributed by atoms with Crippen molar-refractivity contribution in [3.8, 4) is 23.3 Å². The van der Waals surface area contributed by atoms with Gasteiger partial charge in [0, 0.05) is 16.7 Å². The van der Waals surface area contributed by atoms with Crippen LogP contribution in [0.15, 0.2) is 54.6 Å². The Morgan fingerprint density at radius 3 is 2.07 bits per heavy atom. The molecule has 0 radical (unpaired) electrons. The maximum atomic E-state index is 13.2. The number of hydrogen-bond donors (Lipinski definition) is 1. The van der Waals surface area contributed by atoms with Crippen LogP contribution in [0.25, 0.3) is 16.0 Å². The molecule has 0 spiro atoms.